The van der Waals surface area contributed by atoms with Crippen LogP contribution in [0, 0.1) is 0 Å². The van der Waals surface area contributed by atoms with Crippen LogP contribution in [0.3, 0.4) is 0 Å². The maximum atomic E-state index is 12.0. The fourth-order valence-corrected chi connectivity index (χ4v) is 2.84. The van der Waals surface area contributed by atoms with Gasteiger partial charge in [-0.2, -0.15) is 0 Å². The lowest BCUT2D eigenvalue weighted by molar-refractivity contribution is -0.119. The highest BCUT2D eigenvalue weighted by atomic mass is 32.1. The van der Waals surface area contributed by atoms with E-state index in [1.807, 2.05) is 5.38 Å². The lowest BCUT2D eigenvalue weighted by Gasteiger charge is -2.05. The predicted octanol–water partition coefficient (Wildman–Crippen LogP) is 3.09. The Morgan fingerprint density at radius 2 is 2.00 bits per heavy atom. The highest BCUT2D eigenvalue weighted by Gasteiger charge is 2.09. The average molecular weight is 332 g/mol. The molecule has 6 heteroatoms. The van der Waals surface area contributed by atoms with Crippen molar-refractivity contribution in [2.45, 2.75) is 39.8 Å². The van der Waals surface area contributed by atoms with Crippen LogP contribution in [0.4, 0.5) is 0 Å². The molecular formula is C17H20N2O3S. The standard InChI is InChI=1S/C17H20N2O3S/c1-3-4-16-19-15(11-23-16)10-22-17(21)14-7-5-13(6-8-14)9-18-12(2)20/h5-8,11H,3-4,9-10H2,1-2H3,(H,18,20). The third-order valence-electron chi connectivity index (χ3n) is 3.15. The molecule has 0 aliphatic carbocycles. The molecule has 1 N–H and O–H groups in total. The molecule has 5 nitrogen and oxygen atoms in total. The predicted molar refractivity (Wildman–Crippen MR) is 89.2 cm³/mol. The summed E-state index contributed by atoms with van der Waals surface area (Å²) in [5, 5.41) is 5.70. The Kier molecular flexibility index (Phi) is 6.29. The van der Waals surface area contributed by atoms with Gasteiger partial charge in [-0.25, -0.2) is 9.78 Å². The number of benzene rings is 1. The molecule has 0 saturated carbocycles. The third-order valence-corrected chi connectivity index (χ3v) is 4.10. The molecule has 0 aliphatic heterocycles. The van der Waals surface area contributed by atoms with Crippen LogP contribution in [0.2, 0.25) is 0 Å². The van der Waals surface area contributed by atoms with Crippen LogP contribution in [0.5, 0.6) is 0 Å². The number of amides is 1. The highest BCUT2D eigenvalue weighted by Crippen LogP contribution is 2.13. The van der Waals surface area contributed by atoms with Gasteiger partial charge in [0.1, 0.15) is 6.61 Å². The molecule has 1 amide bonds. The van der Waals surface area contributed by atoms with Crippen LogP contribution < -0.4 is 5.32 Å². The Labute approximate surface area is 139 Å². The molecule has 122 valence electrons. The average Bonchev–Trinajstić information content (AvgIpc) is 2.99. The first-order valence-electron chi connectivity index (χ1n) is 7.52. The first-order chi connectivity index (χ1) is 11.1. The zero-order valence-corrected chi connectivity index (χ0v) is 14.1. The number of hydrogen-bond donors (Lipinski definition) is 1. The summed E-state index contributed by atoms with van der Waals surface area (Å²) in [6.45, 7) is 4.21. The van der Waals surface area contributed by atoms with Gasteiger partial charge in [0, 0.05) is 18.8 Å². The molecule has 1 aromatic carbocycles. The fraction of sp³-hybridized carbons (Fsp3) is 0.353. The Morgan fingerprint density at radius 3 is 2.65 bits per heavy atom. The third kappa shape index (κ3) is 5.49. The van der Waals surface area contributed by atoms with Gasteiger partial charge >= 0.3 is 5.97 Å². The van der Waals surface area contributed by atoms with Crippen LogP contribution in [-0.4, -0.2) is 16.9 Å². The number of hydrogen-bond acceptors (Lipinski definition) is 5. The number of esters is 1. The van der Waals surface area contributed by atoms with Crippen molar-refractivity contribution in [3.05, 3.63) is 51.5 Å². The van der Waals surface area contributed by atoms with E-state index >= 15 is 0 Å². The van der Waals surface area contributed by atoms with E-state index in [-0.39, 0.29) is 18.5 Å². The zero-order chi connectivity index (χ0) is 16.7. The quantitative estimate of drug-likeness (QED) is 0.791. The van der Waals surface area contributed by atoms with Crippen molar-refractivity contribution >= 4 is 23.2 Å². The van der Waals surface area contributed by atoms with Crippen LogP contribution >= 0.6 is 11.3 Å². The van der Waals surface area contributed by atoms with E-state index in [4.69, 9.17) is 4.74 Å². The summed E-state index contributed by atoms with van der Waals surface area (Å²) in [6.07, 6.45) is 2.01. The zero-order valence-electron chi connectivity index (χ0n) is 13.3. The Morgan fingerprint density at radius 1 is 1.26 bits per heavy atom. The van der Waals surface area contributed by atoms with Crippen LogP contribution in [0.25, 0.3) is 0 Å². The smallest absolute Gasteiger partial charge is 0.338 e. The Hall–Kier alpha value is -2.21. The first kappa shape index (κ1) is 17.1. The van der Waals surface area contributed by atoms with Gasteiger partial charge in [0.25, 0.3) is 0 Å². The molecule has 0 unspecified atom stereocenters. The summed E-state index contributed by atoms with van der Waals surface area (Å²) in [6, 6.07) is 7.00. The first-order valence-corrected chi connectivity index (χ1v) is 8.40. The molecule has 0 bridgehead atoms. The Bertz CT molecular complexity index is 665. The van der Waals surface area contributed by atoms with Crippen molar-refractivity contribution in [3.8, 4) is 0 Å². The lowest BCUT2D eigenvalue weighted by atomic mass is 10.1. The summed E-state index contributed by atoms with van der Waals surface area (Å²) >= 11 is 1.59. The van der Waals surface area contributed by atoms with Gasteiger partial charge in [-0.15, -0.1) is 11.3 Å². The monoisotopic (exact) mass is 332 g/mol. The molecule has 2 aromatic rings. The summed E-state index contributed by atoms with van der Waals surface area (Å²) in [5.74, 6) is -0.458. The minimum Gasteiger partial charge on any atom is -0.456 e. The SMILES string of the molecule is CCCc1nc(COC(=O)c2ccc(CNC(C)=O)cc2)cs1. The summed E-state index contributed by atoms with van der Waals surface area (Å²) in [7, 11) is 0. The number of carbonyl (C=O) groups excluding carboxylic acids is 2. The second kappa shape index (κ2) is 8.43. The largest absolute Gasteiger partial charge is 0.456 e. The van der Waals surface area contributed by atoms with E-state index in [0.29, 0.717) is 12.1 Å². The highest BCUT2D eigenvalue weighted by molar-refractivity contribution is 7.09. The number of rotatable bonds is 7. The van der Waals surface area contributed by atoms with Crippen molar-refractivity contribution in [1.82, 2.24) is 10.3 Å². The summed E-state index contributed by atoms with van der Waals surface area (Å²) < 4.78 is 5.28. The van der Waals surface area contributed by atoms with E-state index < -0.39 is 0 Å². The maximum Gasteiger partial charge on any atom is 0.338 e. The van der Waals surface area contributed by atoms with Gasteiger partial charge in [0.05, 0.1) is 16.3 Å². The molecule has 0 saturated heterocycles. The van der Waals surface area contributed by atoms with E-state index in [9.17, 15) is 9.59 Å². The van der Waals surface area contributed by atoms with Gasteiger partial charge in [-0.1, -0.05) is 19.1 Å². The fourth-order valence-electron chi connectivity index (χ4n) is 1.95. The Balaban J connectivity index is 1.86. The van der Waals surface area contributed by atoms with Gasteiger partial charge in [0.2, 0.25) is 5.91 Å². The normalized spacial score (nSPS) is 10.3. The topological polar surface area (TPSA) is 68.3 Å². The molecular weight excluding hydrogens is 312 g/mol. The molecule has 23 heavy (non-hydrogen) atoms. The van der Waals surface area contributed by atoms with Gasteiger partial charge in [-0.05, 0) is 30.5 Å². The van der Waals surface area contributed by atoms with Gasteiger partial charge in [0.15, 0.2) is 0 Å². The van der Waals surface area contributed by atoms with E-state index in [2.05, 4.69) is 17.2 Å². The van der Waals surface area contributed by atoms with Gasteiger partial charge < -0.3 is 10.1 Å². The molecule has 1 heterocycles. The van der Waals surface area contributed by atoms with Crippen LogP contribution in [-0.2, 0) is 29.1 Å². The molecule has 0 fully saturated rings. The maximum absolute atomic E-state index is 12.0. The van der Waals surface area contributed by atoms with E-state index in [1.54, 1.807) is 35.6 Å². The summed E-state index contributed by atoms with van der Waals surface area (Å²) in [4.78, 5) is 27.3. The number of carbonyl (C=O) groups is 2. The van der Waals surface area contributed by atoms with Crippen molar-refractivity contribution in [3.63, 3.8) is 0 Å². The number of ether oxygens (including phenoxy) is 1. The summed E-state index contributed by atoms with van der Waals surface area (Å²) in [5.41, 5.74) is 2.20. The van der Waals surface area contributed by atoms with E-state index in [0.717, 1.165) is 29.1 Å². The second-order valence-corrected chi connectivity index (χ2v) is 6.11. The van der Waals surface area contributed by atoms with Crippen LogP contribution in [0.1, 0.15) is 46.9 Å². The van der Waals surface area contributed by atoms with Crippen molar-refractivity contribution in [1.29, 1.82) is 0 Å². The molecule has 0 atom stereocenters. The molecule has 0 spiro atoms. The van der Waals surface area contributed by atoms with E-state index in [1.165, 1.54) is 6.92 Å². The van der Waals surface area contributed by atoms with Crippen LogP contribution in [0.15, 0.2) is 29.6 Å². The minimum absolute atomic E-state index is 0.0841. The number of nitrogens with zero attached hydrogens (tertiary/aromatic N) is 1. The number of aromatic nitrogens is 1. The van der Waals surface area contributed by atoms with Crippen molar-refractivity contribution in [2.75, 3.05) is 0 Å². The minimum atomic E-state index is -0.374. The molecule has 2 rings (SSSR count). The lowest BCUT2D eigenvalue weighted by Crippen LogP contribution is -2.18. The van der Waals surface area contributed by atoms with Gasteiger partial charge in [-0.3, -0.25) is 4.79 Å². The number of thiazole rings is 1. The number of aryl methyl sites for hydroxylation is 1. The van der Waals surface area contributed by atoms with Crippen molar-refractivity contribution < 1.29 is 14.3 Å². The molecule has 0 radical (unpaired) electrons. The van der Waals surface area contributed by atoms with Crippen molar-refractivity contribution in [2.24, 2.45) is 0 Å². The molecule has 0 aliphatic rings. The molecule has 1 aromatic heterocycles. The number of nitrogens with one attached hydrogen (secondary N) is 1. The second-order valence-electron chi connectivity index (χ2n) is 5.17.